The van der Waals surface area contributed by atoms with Crippen molar-refractivity contribution < 1.29 is 9.59 Å². The molecule has 0 atom stereocenters. The molecule has 2 aromatic carbocycles. The van der Waals surface area contributed by atoms with Gasteiger partial charge in [0.1, 0.15) is 0 Å². The summed E-state index contributed by atoms with van der Waals surface area (Å²) < 4.78 is 0. The minimum Gasteiger partial charge on any atom is -0.369 e. The number of benzene rings is 2. The first-order valence-corrected chi connectivity index (χ1v) is 8.36. The number of carbonyl (C=O) groups is 2. The highest BCUT2D eigenvalue weighted by atomic mass is 16.2. The van der Waals surface area contributed by atoms with Crippen molar-refractivity contribution in [2.75, 3.05) is 41.7 Å². The van der Waals surface area contributed by atoms with E-state index < -0.39 is 0 Å². The Morgan fingerprint density at radius 3 is 2.36 bits per heavy atom. The molecule has 0 aromatic heterocycles. The van der Waals surface area contributed by atoms with E-state index in [2.05, 4.69) is 20.9 Å². The number of carbonyl (C=O) groups excluding carboxylic acids is 2. The molecule has 0 saturated carbocycles. The normalized spacial score (nSPS) is 14.0. The lowest BCUT2D eigenvalue weighted by Gasteiger charge is -2.29. The van der Waals surface area contributed by atoms with Crippen molar-refractivity contribution >= 4 is 28.9 Å². The lowest BCUT2D eigenvalue weighted by atomic mass is 10.1. The van der Waals surface area contributed by atoms with Gasteiger partial charge >= 0.3 is 0 Å². The first kappa shape index (κ1) is 17.0. The molecule has 0 aliphatic carbocycles. The third-order valence-corrected chi connectivity index (χ3v) is 4.05. The van der Waals surface area contributed by atoms with Crippen LogP contribution >= 0.6 is 0 Å². The van der Waals surface area contributed by atoms with Gasteiger partial charge in [-0.2, -0.15) is 0 Å². The minimum atomic E-state index is -0.206. The SMILES string of the molecule is CC(=O)Nc1cccc(C(=O)Nc2ccc(N3CCNCC3)cc2)c1. The molecule has 25 heavy (non-hydrogen) atoms. The Balaban J connectivity index is 1.65. The van der Waals surface area contributed by atoms with Crippen LogP contribution in [-0.4, -0.2) is 38.0 Å². The van der Waals surface area contributed by atoms with E-state index >= 15 is 0 Å². The Morgan fingerprint density at radius 2 is 1.68 bits per heavy atom. The summed E-state index contributed by atoms with van der Waals surface area (Å²) in [6.45, 7) is 5.39. The summed E-state index contributed by atoms with van der Waals surface area (Å²) in [6.07, 6.45) is 0. The number of nitrogens with one attached hydrogen (secondary N) is 3. The van der Waals surface area contributed by atoms with E-state index in [1.54, 1.807) is 24.3 Å². The van der Waals surface area contributed by atoms with E-state index in [1.165, 1.54) is 6.92 Å². The quantitative estimate of drug-likeness (QED) is 0.800. The fraction of sp³-hybridized carbons (Fsp3) is 0.263. The van der Waals surface area contributed by atoms with Gasteiger partial charge in [-0.25, -0.2) is 0 Å². The number of hydrogen-bond donors (Lipinski definition) is 3. The van der Waals surface area contributed by atoms with Gasteiger partial charge in [0.25, 0.3) is 5.91 Å². The van der Waals surface area contributed by atoms with Crippen LogP contribution in [-0.2, 0) is 4.79 Å². The summed E-state index contributed by atoms with van der Waals surface area (Å²) in [7, 11) is 0. The van der Waals surface area contributed by atoms with Gasteiger partial charge < -0.3 is 20.9 Å². The molecule has 130 valence electrons. The van der Waals surface area contributed by atoms with Crippen molar-refractivity contribution in [2.45, 2.75) is 6.92 Å². The van der Waals surface area contributed by atoms with Crippen molar-refractivity contribution in [3.63, 3.8) is 0 Å². The molecule has 3 rings (SSSR count). The Morgan fingerprint density at radius 1 is 0.960 bits per heavy atom. The van der Waals surface area contributed by atoms with E-state index in [-0.39, 0.29) is 11.8 Å². The van der Waals surface area contributed by atoms with Crippen LogP contribution in [0.25, 0.3) is 0 Å². The van der Waals surface area contributed by atoms with Crippen molar-refractivity contribution in [1.82, 2.24) is 5.32 Å². The first-order valence-electron chi connectivity index (χ1n) is 8.36. The highest BCUT2D eigenvalue weighted by Gasteiger charge is 2.11. The summed E-state index contributed by atoms with van der Waals surface area (Å²) in [5, 5.41) is 8.90. The minimum absolute atomic E-state index is 0.166. The fourth-order valence-electron chi connectivity index (χ4n) is 2.82. The highest BCUT2D eigenvalue weighted by Crippen LogP contribution is 2.19. The van der Waals surface area contributed by atoms with Gasteiger partial charge in [0.05, 0.1) is 0 Å². The zero-order valence-electron chi connectivity index (χ0n) is 14.2. The molecule has 0 unspecified atom stereocenters. The molecule has 1 aliphatic rings. The van der Waals surface area contributed by atoms with Gasteiger partial charge in [-0.05, 0) is 42.5 Å². The van der Waals surface area contributed by atoms with E-state index in [0.717, 1.165) is 37.6 Å². The van der Waals surface area contributed by atoms with Crippen molar-refractivity contribution in [2.24, 2.45) is 0 Å². The Kier molecular flexibility index (Phi) is 5.30. The van der Waals surface area contributed by atoms with Gasteiger partial charge in [0.15, 0.2) is 0 Å². The van der Waals surface area contributed by atoms with Crippen LogP contribution in [0.2, 0.25) is 0 Å². The molecule has 0 radical (unpaired) electrons. The van der Waals surface area contributed by atoms with Crippen LogP contribution < -0.4 is 20.9 Å². The van der Waals surface area contributed by atoms with Gasteiger partial charge in [0.2, 0.25) is 5.91 Å². The predicted molar refractivity (Wildman–Crippen MR) is 100 cm³/mol. The Hall–Kier alpha value is -2.86. The largest absolute Gasteiger partial charge is 0.369 e. The number of rotatable bonds is 4. The summed E-state index contributed by atoms with van der Waals surface area (Å²) in [6, 6.07) is 14.7. The van der Waals surface area contributed by atoms with Crippen molar-refractivity contribution in [3.05, 3.63) is 54.1 Å². The molecule has 6 heteroatoms. The van der Waals surface area contributed by atoms with Gasteiger partial charge in [-0.15, -0.1) is 0 Å². The monoisotopic (exact) mass is 338 g/mol. The van der Waals surface area contributed by atoms with Crippen molar-refractivity contribution in [3.8, 4) is 0 Å². The molecule has 0 spiro atoms. The van der Waals surface area contributed by atoms with Crippen LogP contribution in [0.5, 0.6) is 0 Å². The second-order valence-electron chi connectivity index (χ2n) is 6.00. The third kappa shape index (κ3) is 4.58. The summed E-state index contributed by atoms with van der Waals surface area (Å²) in [5.41, 5.74) is 3.01. The summed E-state index contributed by atoms with van der Waals surface area (Å²) in [5.74, 6) is -0.372. The van der Waals surface area contributed by atoms with Gasteiger partial charge in [-0.3, -0.25) is 9.59 Å². The molecule has 0 bridgehead atoms. The standard InChI is InChI=1S/C19H22N4O2/c1-14(24)21-17-4-2-3-15(13-17)19(25)22-16-5-7-18(8-6-16)23-11-9-20-10-12-23/h2-8,13,20H,9-12H2,1H3,(H,21,24)(H,22,25). The van der Waals surface area contributed by atoms with Crippen LogP contribution in [0.1, 0.15) is 17.3 Å². The highest BCUT2D eigenvalue weighted by molar-refractivity contribution is 6.05. The lowest BCUT2D eigenvalue weighted by molar-refractivity contribution is -0.114. The second kappa shape index (κ2) is 7.81. The molecule has 1 aliphatic heterocycles. The molecule has 1 fully saturated rings. The van der Waals surface area contributed by atoms with E-state index in [0.29, 0.717) is 11.3 Å². The lowest BCUT2D eigenvalue weighted by Crippen LogP contribution is -2.43. The molecule has 1 heterocycles. The van der Waals surface area contributed by atoms with Crippen LogP contribution in [0, 0.1) is 0 Å². The fourth-order valence-corrected chi connectivity index (χ4v) is 2.82. The molecular formula is C19H22N4O2. The third-order valence-electron chi connectivity index (χ3n) is 4.05. The summed E-state index contributed by atoms with van der Waals surface area (Å²) in [4.78, 5) is 25.8. The maximum absolute atomic E-state index is 12.4. The number of amides is 2. The molecular weight excluding hydrogens is 316 g/mol. The summed E-state index contributed by atoms with van der Waals surface area (Å²) >= 11 is 0. The zero-order chi connectivity index (χ0) is 17.6. The number of hydrogen-bond acceptors (Lipinski definition) is 4. The zero-order valence-corrected chi connectivity index (χ0v) is 14.2. The molecule has 2 aromatic rings. The Labute approximate surface area is 147 Å². The average Bonchev–Trinajstić information content (AvgIpc) is 2.63. The van der Waals surface area contributed by atoms with Crippen LogP contribution in [0.15, 0.2) is 48.5 Å². The molecule has 1 saturated heterocycles. The molecule has 6 nitrogen and oxygen atoms in total. The van der Waals surface area contributed by atoms with Crippen LogP contribution in [0.4, 0.5) is 17.1 Å². The Bertz CT molecular complexity index is 752. The maximum Gasteiger partial charge on any atom is 0.255 e. The average molecular weight is 338 g/mol. The van der Waals surface area contributed by atoms with Crippen molar-refractivity contribution in [1.29, 1.82) is 0 Å². The number of piperazine rings is 1. The van der Waals surface area contributed by atoms with E-state index in [1.807, 2.05) is 24.3 Å². The predicted octanol–water partition coefficient (Wildman–Crippen LogP) is 2.31. The number of nitrogens with zero attached hydrogens (tertiary/aromatic N) is 1. The molecule has 2 amide bonds. The van der Waals surface area contributed by atoms with Gasteiger partial charge in [0, 0.05) is 55.7 Å². The van der Waals surface area contributed by atoms with E-state index in [4.69, 9.17) is 0 Å². The molecule has 3 N–H and O–H groups in total. The van der Waals surface area contributed by atoms with Crippen LogP contribution in [0.3, 0.4) is 0 Å². The first-order chi connectivity index (χ1) is 12.1. The topological polar surface area (TPSA) is 73.5 Å². The van der Waals surface area contributed by atoms with E-state index in [9.17, 15) is 9.59 Å². The smallest absolute Gasteiger partial charge is 0.255 e. The number of anilines is 3. The van der Waals surface area contributed by atoms with Gasteiger partial charge in [-0.1, -0.05) is 6.07 Å². The second-order valence-corrected chi connectivity index (χ2v) is 6.00. The maximum atomic E-state index is 12.4.